The first-order chi connectivity index (χ1) is 7.95. The predicted molar refractivity (Wildman–Crippen MR) is 67.3 cm³/mol. The number of hydrogen-bond acceptors (Lipinski definition) is 2. The third-order valence-corrected chi connectivity index (χ3v) is 3.95. The van der Waals surface area contributed by atoms with Gasteiger partial charge >= 0.3 is 0 Å². The topological polar surface area (TPSA) is 26.3 Å². The van der Waals surface area contributed by atoms with Crippen molar-refractivity contribution >= 4 is 22.2 Å². The van der Waals surface area contributed by atoms with E-state index in [0.29, 0.717) is 17.9 Å². The zero-order valence-corrected chi connectivity index (χ0v) is 11.4. The predicted octanol–water partition coefficient (Wildman–Crippen LogP) is 3.52. The number of rotatable bonds is 2. The number of aldehydes is 1. The van der Waals surface area contributed by atoms with Crippen LogP contribution in [0.1, 0.15) is 36.2 Å². The van der Waals surface area contributed by atoms with Crippen LogP contribution in [0.2, 0.25) is 0 Å². The molecule has 0 aliphatic carbocycles. The monoisotopic (exact) mass is 300 g/mol. The van der Waals surface area contributed by atoms with Gasteiger partial charge in [0.1, 0.15) is 6.29 Å². The summed E-state index contributed by atoms with van der Waals surface area (Å²) in [4.78, 5) is 10.3. The maximum Gasteiger partial charge on any atom is 0.165 e. The van der Waals surface area contributed by atoms with Crippen LogP contribution in [0.25, 0.3) is 0 Å². The van der Waals surface area contributed by atoms with Crippen molar-refractivity contribution < 1.29 is 13.9 Å². The molecule has 0 saturated carbocycles. The van der Waals surface area contributed by atoms with Crippen LogP contribution in [0.15, 0.2) is 12.1 Å². The second-order valence-electron chi connectivity index (χ2n) is 4.90. The molecule has 4 heteroatoms. The van der Waals surface area contributed by atoms with Crippen LogP contribution in [0.5, 0.6) is 5.75 Å². The number of halogens is 2. The summed E-state index contributed by atoms with van der Waals surface area (Å²) in [5, 5.41) is 0. The van der Waals surface area contributed by atoms with E-state index in [4.69, 9.17) is 4.74 Å². The summed E-state index contributed by atoms with van der Waals surface area (Å²) in [5.41, 5.74) is 1.35. The van der Waals surface area contributed by atoms with E-state index in [1.54, 1.807) is 0 Å². The first kappa shape index (κ1) is 12.6. The minimum Gasteiger partial charge on any atom is -0.490 e. The van der Waals surface area contributed by atoms with E-state index in [-0.39, 0.29) is 5.41 Å². The van der Waals surface area contributed by atoms with Crippen molar-refractivity contribution in [2.24, 2.45) is 0 Å². The smallest absolute Gasteiger partial charge is 0.165 e. The van der Waals surface area contributed by atoms with Crippen molar-refractivity contribution in [2.45, 2.75) is 30.5 Å². The Morgan fingerprint density at radius 2 is 2.24 bits per heavy atom. The van der Waals surface area contributed by atoms with Crippen LogP contribution in [0.4, 0.5) is 4.39 Å². The van der Waals surface area contributed by atoms with Crippen LogP contribution < -0.4 is 4.74 Å². The summed E-state index contributed by atoms with van der Waals surface area (Å²) in [7, 11) is 0. The minimum absolute atomic E-state index is 0.125. The van der Waals surface area contributed by atoms with E-state index in [1.807, 2.05) is 6.07 Å². The fourth-order valence-electron chi connectivity index (χ4n) is 2.04. The van der Waals surface area contributed by atoms with E-state index < -0.39 is 10.6 Å². The summed E-state index contributed by atoms with van der Waals surface area (Å²) in [6.45, 7) is 4.64. The first-order valence-electron chi connectivity index (χ1n) is 5.52. The molecule has 0 saturated heterocycles. The number of hydrogen-bond donors (Lipinski definition) is 0. The molecule has 0 spiro atoms. The third-order valence-electron chi connectivity index (χ3n) is 3.21. The molecule has 1 aliphatic heterocycles. The highest BCUT2D eigenvalue weighted by Crippen LogP contribution is 2.41. The maximum atomic E-state index is 13.9. The molecule has 0 fully saturated rings. The van der Waals surface area contributed by atoms with Gasteiger partial charge in [0, 0.05) is 5.56 Å². The number of carbonyl (C=O) groups is 1. The quantitative estimate of drug-likeness (QED) is 0.617. The highest BCUT2D eigenvalue weighted by atomic mass is 79.9. The van der Waals surface area contributed by atoms with Gasteiger partial charge in [-0.05, 0) is 29.5 Å². The number of alkyl halides is 1. The molecule has 1 heterocycles. The molecule has 17 heavy (non-hydrogen) atoms. The Kier molecular flexibility index (Phi) is 3.25. The number of benzene rings is 1. The zero-order valence-electron chi connectivity index (χ0n) is 9.80. The number of ether oxygens (including phenoxy) is 1. The van der Waals surface area contributed by atoms with Crippen LogP contribution in [0.3, 0.4) is 0 Å². The van der Waals surface area contributed by atoms with Gasteiger partial charge in [-0.1, -0.05) is 29.8 Å². The van der Waals surface area contributed by atoms with E-state index in [1.165, 1.54) is 6.07 Å². The van der Waals surface area contributed by atoms with E-state index >= 15 is 0 Å². The Labute approximate surface area is 108 Å². The lowest BCUT2D eigenvalue weighted by molar-refractivity contribution is -0.107. The van der Waals surface area contributed by atoms with Gasteiger partial charge in [0.15, 0.2) is 11.6 Å². The average Bonchev–Trinajstić information content (AvgIpc) is 2.28. The van der Waals surface area contributed by atoms with Crippen molar-refractivity contribution in [3.05, 3.63) is 29.1 Å². The highest BCUT2D eigenvalue weighted by molar-refractivity contribution is 9.09. The molecule has 2 rings (SSSR count). The van der Waals surface area contributed by atoms with Gasteiger partial charge in [-0.15, -0.1) is 0 Å². The van der Waals surface area contributed by atoms with Gasteiger partial charge in [-0.2, -0.15) is 0 Å². The van der Waals surface area contributed by atoms with Gasteiger partial charge in [0.05, 0.1) is 11.4 Å². The van der Waals surface area contributed by atoms with Crippen LogP contribution >= 0.6 is 15.9 Å². The van der Waals surface area contributed by atoms with Gasteiger partial charge in [0.2, 0.25) is 0 Å². The summed E-state index contributed by atoms with van der Waals surface area (Å²) >= 11 is 3.21. The van der Waals surface area contributed by atoms with Gasteiger partial charge in [-0.25, -0.2) is 4.39 Å². The molecule has 1 aromatic carbocycles. The maximum absolute atomic E-state index is 13.9. The van der Waals surface area contributed by atoms with Gasteiger partial charge < -0.3 is 9.53 Å². The molecule has 92 valence electrons. The number of fused-ring (bicyclic) bond motifs is 1. The van der Waals surface area contributed by atoms with Crippen LogP contribution in [0, 0.1) is 5.82 Å². The molecule has 0 N–H and O–H groups in total. The molecular weight excluding hydrogens is 287 g/mol. The van der Waals surface area contributed by atoms with Crippen LogP contribution in [-0.4, -0.2) is 12.9 Å². The van der Waals surface area contributed by atoms with Crippen molar-refractivity contribution in [1.82, 2.24) is 0 Å². The largest absolute Gasteiger partial charge is 0.490 e. The van der Waals surface area contributed by atoms with E-state index in [9.17, 15) is 9.18 Å². The lowest BCUT2D eigenvalue weighted by Crippen LogP contribution is -2.27. The molecule has 2 nitrogen and oxygen atoms in total. The van der Waals surface area contributed by atoms with Crippen molar-refractivity contribution in [3.8, 4) is 5.75 Å². The van der Waals surface area contributed by atoms with E-state index in [0.717, 1.165) is 18.3 Å². The van der Waals surface area contributed by atoms with Crippen molar-refractivity contribution in [3.63, 3.8) is 0 Å². The summed E-state index contributed by atoms with van der Waals surface area (Å²) in [6, 6.07) is 3.21. The average molecular weight is 301 g/mol. The molecule has 1 aliphatic rings. The normalized spacial score (nSPS) is 19.1. The Morgan fingerprint density at radius 3 is 2.88 bits per heavy atom. The summed E-state index contributed by atoms with van der Waals surface area (Å²) < 4.78 is 19.3. The van der Waals surface area contributed by atoms with Crippen molar-refractivity contribution in [1.29, 1.82) is 0 Å². The van der Waals surface area contributed by atoms with Crippen LogP contribution in [-0.2, 0) is 10.2 Å². The first-order valence-corrected chi connectivity index (χ1v) is 6.43. The van der Waals surface area contributed by atoms with Gasteiger partial charge in [-0.3, -0.25) is 0 Å². The zero-order chi connectivity index (χ0) is 12.6. The standard InChI is InChI=1S/C13H14BrFO2/c1-13(2)3-4-17-12-9(13)5-8(6-11(12)15)10(14)7-16/h5-7,10H,3-4H2,1-2H3. The SMILES string of the molecule is CC1(C)CCOc2c(F)cc(C(Br)C=O)cc21. The fraction of sp³-hybridized carbons (Fsp3) is 0.462. The molecule has 1 aromatic rings. The van der Waals surface area contributed by atoms with Gasteiger partial charge in [0.25, 0.3) is 0 Å². The fourth-order valence-corrected chi connectivity index (χ4v) is 2.31. The summed E-state index contributed by atoms with van der Waals surface area (Å²) in [6.07, 6.45) is 1.59. The third kappa shape index (κ3) is 2.23. The molecule has 0 bridgehead atoms. The Hall–Kier alpha value is -0.900. The Bertz CT molecular complexity index is 457. The second-order valence-corrected chi connectivity index (χ2v) is 5.89. The molecule has 0 aromatic heterocycles. The lowest BCUT2D eigenvalue weighted by Gasteiger charge is -2.33. The molecule has 1 atom stereocenters. The molecular formula is C13H14BrFO2. The molecule has 0 radical (unpaired) electrons. The van der Waals surface area contributed by atoms with E-state index in [2.05, 4.69) is 29.8 Å². The molecule has 1 unspecified atom stereocenters. The highest BCUT2D eigenvalue weighted by Gasteiger charge is 2.31. The minimum atomic E-state index is -0.472. The van der Waals surface area contributed by atoms with Crippen molar-refractivity contribution in [2.75, 3.05) is 6.61 Å². The Morgan fingerprint density at radius 1 is 1.53 bits per heavy atom. The lowest BCUT2D eigenvalue weighted by atomic mass is 9.79. The second kappa shape index (κ2) is 4.41. The summed E-state index contributed by atoms with van der Waals surface area (Å²) in [5.74, 6) is -0.0628. The Balaban J connectivity index is 2.58. The number of carbonyl (C=O) groups excluding carboxylic acids is 1. The molecule has 0 amide bonds.